The Morgan fingerprint density at radius 1 is 1.07 bits per heavy atom. The van der Waals surface area contributed by atoms with E-state index in [1.54, 1.807) is 18.2 Å². The molecule has 0 atom stereocenters. The van der Waals surface area contributed by atoms with Crippen LogP contribution >= 0.6 is 0 Å². The number of aromatic nitrogens is 2. The number of imidazole rings is 1. The summed E-state index contributed by atoms with van der Waals surface area (Å²) in [6, 6.07) is 12.0. The second kappa shape index (κ2) is 6.72. The van der Waals surface area contributed by atoms with Gasteiger partial charge in [0.15, 0.2) is 0 Å². The number of halogens is 3. The van der Waals surface area contributed by atoms with E-state index in [9.17, 15) is 18.0 Å². The van der Waals surface area contributed by atoms with E-state index in [-0.39, 0.29) is 11.0 Å². The second-order valence-corrected chi connectivity index (χ2v) is 6.71. The van der Waals surface area contributed by atoms with Gasteiger partial charge in [-0.25, -0.2) is 4.98 Å². The van der Waals surface area contributed by atoms with Crippen molar-refractivity contribution in [1.29, 1.82) is 0 Å². The van der Waals surface area contributed by atoms with Gasteiger partial charge in [0, 0.05) is 5.69 Å². The molecule has 27 heavy (non-hydrogen) atoms. The Morgan fingerprint density at radius 3 is 2.67 bits per heavy atom. The van der Waals surface area contributed by atoms with Crippen molar-refractivity contribution in [2.24, 2.45) is 0 Å². The summed E-state index contributed by atoms with van der Waals surface area (Å²) in [5.41, 5.74) is 3.48. The number of nitrogens with zero attached hydrogens (tertiary/aromatic N) is 2. The third kappa shape index (κ3) is 3.41. The van der Waals surface area contributed by atoms with Crippen molar-refractivity contribution in [2.75, 3.05) is 5.32 Å². The van der Waals surface area contributed by atoms with E-state index in [1.807, 2.05) is 12.1 Å². The molecule has 2 aromatic carbocycles. The number of nitrogens with one attached hydrogen (secondary N) is 1. The zero-order valence-corrected chi connectivity index (χ0v) is 14.5. The molecular weight excluding hydrogens is 355 g/mol. The minimum Gasteiger partial charge on any atom is -0.324 e. The Morgan fingerprint density at radius 2 is 1.85 bits per heavy atom. The van der Waals surface area contributed by atoms with E-state index in [0.717, 1.165) is 35.8 Å². The van der Waals surface area contributed by atoms with Gasteiger partial charge in [0.05, 0.1) is 11.0 Å². The zero-order chi connectivity index (χ0) is 19.0. The Labute approximate surface area is 154 Å². The van der Waals surface area contributed by atoms with Crippen LogP contribution in [0.5, 0.6) is 0 Å². The maximum atomic E-state index is 13.4. The summed E-state index contributed by atoms with van der Waals surface area (Å²) in [6.07, 6.45) is -0.646. The summed E-state index contributed by atoms with van der Waals surface area (Å²) >= 11 is 0. The van der Waals surface area contributed by atoms with E-state index in [4.69, 9.17) is 0 Å². The lowest BCUT2D eigenvalue weighted by Crippen LogP contribution is -2.24. The number of fused-ring (bicyclic) bond motifs is 2. The lowest BCUT2D eigenvalue weighted by molar-refractivity contribution is -0.147. The van der Waals surface area contributed by atoms with Crippen molar-refractivity contribution in [3.63, 3.8) is 0 Å². The van der Waals surface area contributed by atoms with Crippen molar-refractivity contribution in [3.05, 3.63) is 59.4 Å². The summed E-state index contributed by atoms with van der Waals surface area (Å²) in [5.74, 6) is -1.56. The first-order valence-corrected chi connectivity index (χ1v) is 8.86. The number of benzene rings is 2. The molecule has 4 nitrogen and oxygen atoms in total. The largest absolute Gasteiger partial charge is 0.449 e. The van der Waals surface area contributed by atoms with Crippen LogP contribution < -0.4 is 5.32 Å². The highest BCUT2D eigenvalue weighted by atomic mass is 19.4. The fourth-order valence-corrected chi connectivity index (χ4v) is 3.68. The SMILES string of the molecule is O=C(Cn1c(C(F)(F)F)nc2ccccc21)Nc1cccc2c1CCCC2. The monoisotopic (exact) mass is 373 g/mol. The van der Waals surface area contributed by atoms with Crippen molar-refractivity contribution in [1.82, 2.24) is 9.55 Å². The highest BCUT2D eigenvalue weighted by molar-refractivity contribution is 5.92. The van der Waals surface area contributed by atoms with E-state index >= 15 is 0 Å². The molecule has 7 heteroatoms. The van der Waals surface area contributed by atoms with Gasteiger partial charge in [0.1, 0.15) is 6.54 Å². The van der Waals surface area contributed by atoms with E-state index < -0.39 is 24.5 Å². The Bertz CT molecular complexity index is 1010. The zero-order valence-electron chi connectivity index (χ0n) is 14.5. The lowest BCUT2D eigenvalue weighted by Gasteiger charge is -2.20. The molecule has 0 saturated carbocycles. The summed E-state index contributed by atoms with van der Waals surface area (Å²) in [7, 11) is 0. The number of hydrogen-bond acceptors (Lipinski definition) is 2. The average molecular weight is 373 g/mol. The standard InChI is InChI=1S/C20H18F3N3O/c21-20(22,23)19-25-16-9-3-4-11-17(16)26(19)12-18(27)24-15-10-5-7-13-6-1-2-8-14(13)15/h3-5,7,9-11H,1-2,6,8,12H2,(H,24,27). The van der Waals surface area contributed by atoms with E-state index in [1.165, 1.54) is 17.7 Å². The number of alkyl halides is 3. The summed E-state index contributed by atoms with van der Waals surface area (Å²) < 4.78 is 41.1. The number of aryl methyl sites for hydroxylation is 1. The summed E-state index contributed by atoms with van der Waals surface area (Å²) in [6.45, 7) is -0.445. The maximum absolute atomic E-state index is 13.4. The normalized spacial score (nSPS) is 14.2. The van der Waals surface area contributed by atoms with Crippen LogP contribution in [-0.2, 0) is 30.4 Å². The van der Waals surface area contributed by atoms with Crippen molar-refractivity contribution in [3.8, 4) is 0 Å². The number of rotatable bonds is 3. The fraction of sp³-hybridized carbons (Fsp3) is 0.300. The molecule has 0 saturated heterocycles. The Balaban J connectivity index is 1.64. The number of anilines is 1. The van der Waals surface area contributed by atoms with Crippen LogP contribution in [0.3, 0.4) is 0 Å². The molecule has 3 aromatic rings. The smallest absolute Gasteiger partial charge is 0.324 e. The molecule has 0 unspecified atom stereocenters. The number of carbonyl (C=O) groups is 1. The van der Waals surface area contributed by atoms with Crippen LogP contribution in [0.4, 0.5) is 18.9 Å². The molecule has 4 rings (SSSR count). The van der Waals surface area contributed by atoms with Crippen molar-refractivity contribution < 1.29 is 18.0 Å². The highest BCUT2D eigenvalue weighted by Gasteiger charge is 2.38. The Kier molecular flexibility index (Phi) is 4.37. The predicted molar refractivity (Wildman–Crippen MR) is 96.4 cm³/mol. The first-order valence-electron chi connectivity index (χ1n) is 8.86. The summed E-state index contributed by atoms with van der Waals surface area (Å²) in [4.78, 5) is 16.2. The van der Waals surface area contributed by atoms with Gasteiger partial charge >= 0.3 is 6.18 Å². The predicted octanol–water partition coefficient (Wildman–Crippen LogP) is 4.57. The van der Waals surface area contributed by atoms with Gasteiger partial charge in [0.2, 0.25) is 11.7 Å². The van der Waals surface area contributed by atoms with Gasteiger partial charge < -0.3 is 9.88 Å². The van der Waals surface area contributed by atoms with Gasteiger partial charge in [-0.3, -0.25) is 4.79 Å². The first kappa shape index (κ1) is 17.6. The van der Waals surface area contributed by atoms with Crippen LogP contribution in [0.25, 0.3) is 11.0 Å². The third-order valence-electron chi connectivity index (χ3n) is 4.88. The number of amides is 1. The van der Waals surface area contributed by atoms with Gasteiger partial charge in [0.25, 0.3) is 0 Å². The third-order valence-corrected chi connectivity index (χ3v) is 4.88. The molecule has 1 N–H and O–H groups in total. The molecular formula is C20H18F3N3O. The molecule has 0 radical (unpaired) electrons. The van der Waals surface area contributed by atoms with E-state index in [0.29, 0.717) is 5.69 Å². The number of para-hydroxylation sites is 2. The first-order chi connectivity index (χ1) is 12.9. The maximum Gasteiger partial charge on any atom is 0.449 e. The van der Waals surface area contributed by atoms with Crippen LogP contribution in [0, 0.1) is 0 Å². The summed E-state index contributed by atoms with van der Waals surface area (Å²) in [5, 5.41) is 2.80. The molecule has 0 fully saturated rings. The number of hydrogen-bond donors (Lipinski definition) is 1. The van der Waals surface area contributed by atoms with Crippen molar-refractivity contribution in [2.45, 2.75) is 38.4 Å². The molecule has 1 amide bonds. The molecule has 1 aliphatic rings. The minimum atomic E-state index is -4.63. The van der Waals surface area contributed by atoms with Gasteiger partial charge in [-0.15, -0.1) is 0 Å². The molecule has 1 aliphatic carbocycles. The minimum absolute atomic E-state index is 0.217. The number of carbonyl (C=O) groups excluding carboxylic acids is 1. The molecule has 1 aromatic heterocycles. The van der Waals surface area contributed by atoms with Crippen molar-refractivity contribution >= 4 is 22.6 Å². The van der Waals surface area contributed by atoms with Gasteiger partial charge in [-0.2, -0.15) is 13.2 Å². The van der Waals surface area contributed by atoms with Gasteiger partial charge in [-0.1, -0.05) is 24.3 Å². The van der Waals surface area contributed by atoms with Crippen LogP contribution in [0.2, 0.25) is 0 Å². The quantitative estimate of drug-likeness (QED) is 0.731. The molecule has 0 bridgehead atoms. The highest BCUT2D eigenvalue weighted by Crippen LogP contribution is 2.32. The lowest BCUT2D eigenvalue weighted by atomic mass is 9.90. The topological polar surface area (TPSA) is 46.9 Å². The average Bonchev–Trinajstić information content (AvgIpc) is 3.01. The molecule has 140 valence electrons. The Hall–Kier alpha value is -2.83. The fourth-order valence-electron chi connectivity index (χ4n) is 3.68. The van der Waals surface area contributed by atoms with E-state index in [2.05, 4.69) is 10.3 Å². The molecule has 0 aliphatic heterocycles. The van der Waals surface area contributed by atoms with Crippen LogP contribution in [-0.4, -0.2) is 15.5 Å². The second-order valence-electron chi connectivity index (χ2n) is 6.71. The van der Waals surface area contributed by atoms with Crippen LogP contribution in [0.15, 0.2) is 42.5 Å². The van der Waals surface area contributed by atoms with Crippen LogP contribution in [0.1, 0.15) is 29.8 Å². The van der Waals surface area contributed by atoms with Gasteiger partial charge in [-0.05, 0) is 55.0 Å². The molecule has 0 spiro atoms. The molecule has 1 heterocycles.